The van der Waals surface area contributed by atoms with Gasteiger partial charge in [-0.15, -0.1) is 0 Å². The molecule has 4 aromatic rings. The number of hydrogen-bond donors (Lipinski definition) is 1. The van der Waals surface area contributed by atoms with Crippen molar-refractivity contribution in [2.45, 2.75) is 25.3 Å². The molecule has 28 heavy (non-hydrogen) atoms. The van der Waals surface area contributed by atoms with Gasteiger partial charge in [-0.3, -0.25) is 4.79 Å². The quantitative estimate of drug-likeness (QED) is 0.455. The highest BCUT2D eigenvalue weighted by Gasteiger charge is 2.20. The second-order valence-electron chi connectivity index (χ2n) is 7.11. The number of carbonyl (C=O) groups is 1. The first kappa shape index (κ1) is 18.1. The number of rotatable bonds is 7. The zero-order valence-electron chi connectivity index (χ0n) is 15.7. The number of benzene rings is 3. The highest BCUT2D eigenvalue weighted by atomic mass is 16.4. The number of nitrogens with zero attached hydrogens (tertiary/aromatic N) is 1. The molecule has 0 aliphatic rings. The minimum atomic E-state index is -0.756. The van der Waals surface area contributed by atoms with Gasteiger partial charge in [-0.25, -0.2) is 0 Å². The lowest BCUT2D eigenvalue weighted by molar-refractivity contribution is -0.137. The predicted octanol–water partition coefficient (Wildman–Crippen LogP) is 5.69. The number of carboxylic acid groups (broad SMARTS) is 1. The molecule has 3 heteroatoms. The van der Waals surface area contributed by atoms with Gasteiger partial charge >= 0.3 is 5.97 Å². The summed E-state index contributed by atoms with van der Waals surface area (Å²) >= 11 is 0. The Labute approximate surface area is 164 Å². The zero-order chi connectivity index (χ0) is 19.3. The van der Waals surface area contributed by atoms with Crippen LogP contribution in [0.15, 0.2) is 91.1 Å². The number of carboxylic acids is 1. The molecule has 0 amide bonds. The highest BCUT2D eigenvalue weighted by molar-refractivity contribution is 5.85. The van der Waals surface area contributed by atoms with Gasteiger partial charge in [-0.05, 0) is 29.2 Å². The van der Waals surface area contributed by atoms with Crippen LogP contribution < -0.4 is 0 Å². The van der Waals surface area contributed by atoms with E-state index in [1.54, 1.807) is 0 Å². The molecule has 0 aliphatic heterocycles. The third kappa shape index (κ3) is 3.84. The van der Waals surface area contributed by atoms with E-state index in [2.05, 4.69) is 71.4 Å². The molecule has 0 aliphatic carbocycles. The van der Waals surface area contributed by atoms with E-state index in [4.69, 9.17) is 0 Å². The Hall–Kier alpha value is -3.33. The van der Waals surface area contributed by atoms with Crippen LogP contribution in [0.25, 0.3) is 10.9 Å². The van der Waals surface area contributed by atoms with Crippen molar-refractivity contribution in [3.05, 3.63) is 108 Å². The van der Waals surface area contributed by atoms with Crippen molar-refractivity contribution >= 4 is 16.9 Å². The van der Waals surface area contributed by atoms with Crippen LogP contribution in [0.2, 0.25) is 0 Å². The van der Waals surface area contributed by atoms with Crippen LogP contribution in [0.4, 0.5) is 0 Å². The van der Waals surface area contributed by atoms with Crippen LogP contribution in [-0.2, 0) is 11.3 Å². The number of para-hydroxylation sites is 1. The van der Waals surface area contributed by atoms with E-state index in [0.29, 0.717) is 6.42 Å². The van der Waals surface area contributed by atoms with E-state index >= 15 is 0 Å². The van der Waals surface area contributed by atoms with Crippen molar-refractivity contribution in [2.24, 2.45) is 0 Å². The van der Waals surface area contributed by atoms with Crippen molar-refractivity contribution in [3.63, 3.8) is 0 Å². The summed E-state index contributed by atoms with van der Waals surface area (Å²) < 4.78 is 2.27. The molecule has 1 atom stereocenters. The predicted molar refractivity (Wildman–Crippen MR) is 113 cm³/mol. The fraction of sp³-hybridized carbons (Fsp3) is 0.160. The van der Waals surface area contributed by atoms with E-state index in [0.717, 1.165) is 12.1 Å². The van der Waals surface area contributed by atoms with Gasteiger partial charge < -0.3 is 9.67 Å². The fourth-order valence-corrected chi connectivity index (χ4v) is 3.92. The van der Waals surface area contributed by atoms with Crippen LogP contribution in [0.3, 0.4) is 0 Å². The summed E-state index contributed by atoms with van der Waals surface area (Å²) in [6, 6.07) is 29.0. The summed E-state index contributed by atoms with van der Waals surface area (Å²) in [4.78, 5) is 11.3. The van der Waals surface area contributed by atoms with Crippen LogP contribution in [0.5, 0.6) is 0 Å². The van der Waals surface area contributed by atoms with Gasteiger partial charge in [0.05, 0.1) is 0 Å². The average molecular weight is 369 g/mol. The Bertz CT molecular complexity index is 1070. The summed E-state index contributed by atoms with van der Waals surface area (Å²) in [7, 11) is 0. The Morgan fingerprint density at radius 3 is 2.21 bits per heavy atom. The second-order valence-corrected chi connectivity index (χ2v) is 7.11. The maximum atomic E-state index is 11.3. The zero-order valence-corrected chi connectivity index (χ0v) is 15.7. The molecule has 1 aromatic heterocycles. The molecule has 4 rings (SSSR count). The first-order chi connectivity index (χ1) is 13.7. The summed E-state index contributed by atoms with van der Waals surface area (Å²) in [5, 5.41) is 10.5. The molecule has 1 heterocycles. The molecule has 0 spiro atoms. The van der Waals surface area contributed by atoms with Gasteiger partial charge in [-0.1, -0.05) is 78.9 Å². The first-order valence-electron chi connectivity index (χ1n) is 9.61. The van der Waals surface area contributed by atoms with Crippen LogP contribution in [-0.4, -0.2) is 15.6 Å². The van der Waals surface area contributed by atoms with Gasteiger partial charge in [-0.2, -0.15) is 0 Å². The van der Waals surface area contributed by atoms with Gasteiger partial charge in [0, 0.05) is 36.0 Å². The molecule has 0 fully saturated rings. The summed E-state index contributed by atoms with van der Waals surface area (Å²) in [6.07, 6.45) is 2.94. The Morgan fingerprint density at radius 1 is 0.857 bits per heavy atom. The molecule has 3 nitrogen and oxygen atoms in total. The lowest BCUT2D eigenvalue weighted by atomic mass is 9.87. The molecule has 0 saturated heterocycles. The van der Waals surface area contributed by atoms with E-state index in [9.17, 15) is 9.90 Å². The number of aliphatic carboxylic acids is 1. The van der Waals surface area contributed by atoms with Crippen LogP contribution in [0.1, 0.15) is 35.4 Å². The maximum absolute atomic E-state index is 11.3. The van der Waals surface area contributed by atoms with E-state index < -0.39 is 5.97 Å². The molecule has 3 aromatic carbocycles. The molecular formula is C25H23NO2. The van der Waals surface area contributed by atoms with E-state index in [1.165, 1.54) is 22.0 Å². The van der Waals surface area contributed by atoms with Crippen LogP contribution >= 0.6 is 0 Å². The van der Waals surface area contributed by atoms with Gasteiger partial charge in [0.2, 0.25) is 0 Å². The van der Waals surface area contributed by atoms with Crippen molar-refractivity contribution in [1.29, 1.82) is 0 Å². The monoisotopic (exact) mass is 369 g/mol. The summed E-state index contributed by atoms with van der Waals surface area (Å²) in [5.74, 6) is -0.701. The minimum absolute atomic E-state index is 0.0548. The normalized spacial score (nSPS) is 12.1. The van der Waals surface area contributed by atoms with Gasteiger partial charge in [0.15, 0.2) is 0 Å². The smallest absolute Gasteiger partial charge is 0.303 e. The van der Waals surface area contributed by atoms with Crippen molar-refractivity contribution < 1.29 is 9.90 Å². The summed E-state index contributed by atoms with van der Waals surface area (Å²) in [6.45, 7) is 0.793. The number of aromatic nitrogens is 1. The maximum Gasteiger partial charge on any atom is 0.303 e. The van der Waals surface area contributed by atoms with Crippen molar-refractivity contribution in [2.75, 3.05) is 0 Å². The first-order valence-corrected chi connectivity index (χ1v) is 9.61. The Kier molecular flexibility index (Phi) is 5.24. The topological polar surface area (TPSA) is 42.2 Å². The standard InChI is InChI=1S/C25H23NO2/c27-25(28)16-15-21(20-11-5-2-6-12-20)23-18-26(17-19-9-3-1-4-10-19)24-14-8-7-13-22(23)24/h1-14,18,21H,15-17H2,(H,27,28). The Morgan fingerprint density at radius 2 is 1.50 bits per heavy atom. The SMILES string of the molecule is O=C(O)CCC(c1ccccc1)c1cn(Cc2ccccc2)c2ccccc12. The van der Waals surface area contributed by atoms with Gasteiger partial charge in [0.1, 0.15) is 0 Å². The van der Waals surface area contributed by atoms with Crippen molar-refractivity contribution in [1.82, 2.24) is 4.57 Å². The number of hydrogen-bond acceptors (Lipinski definition) is 1. The number of fused-ring (bicyclic) bond motifs is 1. The van der Waals surface area contributed by atoms with E-state index in [-0.39, 0.29) is 12.3 Å². The minimum Gasteiger partial charge on any atom is -0.481 e. The fourth-order valence-electron chi connectivity index (χ4n) is 3.92. The van der Waals surface area contributed by atoms with Crippen LogP contribution in [0, 0.1) is 0 Å². The highest BCUT2D eigenvalue weighted by Crippen LogP contribution is 2.35. The largest absolute Gasteiger partial charge is 0.481 e. The Balaban J connectivity index is 1.80. The summed E-state index contributed by atoms with van der Waals surface area (Å²) in [5.41, 5.74) is 4.78. The van der Waals surface area contributed by atoms with Gasteiger partial charge in [0.25, 0.3) is 0 Å². The van der Waals surface area contributed by atoms with E-state index in [1.807, 2.05) is 24.3 Å². The molecule has 0 bridgehead atoms. The average Bonchev–Trinajstić information content (AvgIpc) is 3.08. The molecule has 1 N–H and O–H groups in total. The molecule has 140 valence electrons. The lowest BCUT2D eigenvalue weighted by Crippen LogP contribution is -2.05. The third-order valence-corrected chi connectivity index (χ3v) is 5.24. The second kappa shape index (κ2) is 8.13. The molecule has 1 unspecified atom stereocenters. The molecular weight excluding hydrogens is 346 g/mol. The molecule has 0 saturated carbocycles. The van der Waals surface area contributed by atoms with Crippen molar-refractivity contribution in [3.8, 4) is 0 Å². The molecule has 0 radical (unpaired) electrons. The lowest BCUT2D eigenvalue weighted by Gasteiger charge is -2.16. The third-order valence-electron chi connectivity index (χ3n) is 5.24.